The Labute approximate surface area is 238 Å². The van der Waals surface area contributed by atoms with Crippen molar-refractivity contribution in [2.75, 3.05) is 5.88 Å². The van der Waals surface area contributed by atoms with Gasteiger partial charge in [0.25, 0.3) is 11.8 Å². The van der Waals surface area contributed by atoms with Gasteiger partial charge in [0, 0.05) is 21.9 Å². The van der Waals surface area contributed by atoms with Gasteiger partial charge in [-0.2, -0.15) is 0 Å². The monoisotopic (exact) mass is 569 g/mol. The average molecular weight is 570 g/mol. The number of amides is 3. The lowest BCUT2D eigenvalue weighted by molar-refractivity contribution is -0.147. The number of hydrogen-bond acceptors (Lipinski definition) is 6. The van der Waals surface area contributed by atoms with Crippen molar-refractivity contribution >= 4 is 29.5 Å². The van der Waals surface area contributed by atoms with E-state index in [0.29, 0.717) is 0 Å². The number of phenolic OH excluding ortho intramolecular Hbond substituents is 1. The summed E-state index contributed by atoms with van der Waals surface area (Å²) in [5.74, 6) is -2.91. The highest BCUT2D eigenvalue weighted by Gasteiger charge is 2.50. The van der Waals surface area contributed by atoms with Crippen molar-refractivity contribution < 1.29 is 29.0 Å². The second-order valence-electron chi connectivity index (χ2n) is 10.8. The molecule has 0 spiro atoms. The first kappa shape index (κ1) is 29.6. The molecule has 0 saturated carbocycles. The SMILES string of the molecule is Cc1c(C(=O)N[C@@H](Cc2ccccc2)[C@H](O)C(=O)N2CSC(C)(C)[C@H]2C(=O)N[C@@H]2C=CCCC2)ccc(F)c1O. The standard InChI is InChI=1S/C30H36FN3O5S/c1-18-21(14-15-22(31)24(18)35)27(37)33-23(16-19-10-6-4-7-11-19)25(36)29(39)34-17-40-30(2,3)26(34)28(38)32-20-12-8-5-9-13-20/h4,6-8,10-12,14-15,20,23,25-26,35-36H,5,9,13,16-17H2,1-3H3,(H,32,38)(H,33,37)/t20-,23+,25+,26-/m1/s1. The molecule has 4 N–H and O–H groups in total. The summed E-state index contributed by atoms with van der Waals surface area (Å²) in [5.41, 5.74) is 0.836. The number of carbonyl (C=O) groups is 3. The van der Waals surface area contributed by atoms with Crippen LogP contribution in [0.3, 0.4) is 0 Å². The Kier molecular flexibility index (Phi) is 9.20. The molecule has 1 aliphatic heterocycles. The van der Waals surface area contributed by atoms with Gasteiger partial charge in [-0.25, -0.2) is 4.39 Å². The molecule has 10 heteroatoms. The molecule has 4 rings (SSSR count). The molecule has 1 fully saturated rings. The Bertz CT molecular complexity index is 1290. The van der Waals surface area contributed by atoms with Crippen molar-refractivity contribution in [3.63, 3.8) is 0 Å². The third kappa shape index (κ3) is 6.50. The smallest absolute Gasteiger partial charge is 0.254 e. The Morgan fingerprint density at radius 3 is 2.58 bits per heavy atom. The maximum atomic E-state index is 13.8. The molecule has 4 atom stereocenters. The molecule has 0 radical (unpaired) electrons. The van der Waals surface area contributed by atoms with Gasteiger partial charge in [0.05, 0.1) is 11.9 Å². The number of aromatic hydroxyl groups is 1. The zero-order chi connectivity index (χ0) is 29.0. The van der Waals surface area contributed by atoms with E-state index in [4.69, 9.17) is 0 Å². The molecule has 0 bridgehead atoms. The Balaban J connectivity index is 1.58. The van der Waals surface area contributed by atoms with Crippen molar-refractivity contribution in [3.8, 4) is 5.75 Å². The van der Waals surface area contributed by atoms with E-state index in [9.17, 15) is 29.0 Å². The molecule has 1 heterocycles. The van der Waals surface area contributed by atoms with E-state index in [0.717, 1.165) is 30.9 Å². The zero-order valence-corrected chi connectivity index (χ0v) is 23.7. The van der Waals surface area contributed by atoms with Crippen LogP contribution in [0.2, 0.25) is 0 Å². The molecule has 0 unspecified atom stereocenters. The van der Waals surface area contributed by atoms with Gasteiger partial charge in [-0.15, -0.1) is 11.8 Å². The van der Waals surface area contributed by atoms with E-state index < -0.39 is 46.3 Å². The van der Waals surface area contributed by atoms with Gasteiger partial charge in [-0.05, 0) is 64.2 Å². The summed E-state index contributed by atoms with van der Waals surface area (Å²) in [6.07, 6.45) is 5.23. The maximum Gasteiger partial charge on any atom is 0.254 e. The van der Waals surface area contributed by atoms with Crippen molar-refractivity contribution in [2.45, 2.75) is 75.4 Å². The number of nitrogens with one attached hydrogen (secondary N) is 2. The first-order chi connectivity index (χ1) is 19.0. The van der Waals surface area contributed by atoms with Gasteiger partial charge < -0.3 is 25.7 Å². The lowest BCUT2D eigenvalue weighted by atomic mass is 9.96. The van der Waals surface area contributed by atoms with E-state index in [-0.39, 0.29) is 35.4 Å². The minimum atomic E-state index is -1.67. The van der Waals surface area contributed by atoms with Gasteiger partial charge >= 0.3 is 0 Å². The molecule has 2 aliphatic rings. The predicted molar refractivity (Wildman–Crippen MR) is 152 cm³/mol. The third-order valence-corrected chi connectivity index (χ3v) is 8.91. The van der Waals surface area contributed by atoms with Gasteiger partial charge in [0.2, 0.25) is 5.91 Å². The van der Waals surface area contributed by atoms with Crippen molar-refractivity contribution in [1.29, 1.82) is 0 Å². The minimum absolute atomic E-state index is 0.0206. The molecule has 0 aromatic heterocycles. The molecule has 214 valence electrons. The van der Waals surface area contributed by atoms with Crippen LogP contribution in [0.1, 0.15) is 54.6 Å². The number of aliphatic hydroxyl groups is 1. The number of allylic oxidation sites excluding steroid dienone is 1. The largest absolute Gasteiger partial charge is 0.505 e. The van der Waals surface area contributed by atoms with Crippen molar-refractivity contribution in [2.24, 2.45) is 0 Å². The number of nitrogens with zero attached hydrogens (tertiary/aromatic N) is 1. The average Bonchev–Trinajstić information content (AvgIpc) is 3.26. The number of phenols is 1. The lowest BCUT2D eigenvalue weighted by Crippen LogP contribution is -2.59. The highest BCUT2D eigenvalue weighted by atomic mass is 32.2. The third-order valence-electron chi connectivity index (χ3n) is 7.53. The number of halogens is 1. The van der Waals surface area contributed by atoms with E-state index in [1.807, 2.05) is 56.3 Å². The number of aliphatic hydroxyl groups excluding tert-OH is 1. The Morgan fingerprint density at radius 2 is 1.90 bits per heavy atom. The molecular weight excluding hydrogens is 533 g/mol. The molecule has 1 aliphatic carbocycles. The minimum Gasteiger partial charge on any atom is -0.505 e. The van der Waals surface area contributed by atoms with Crippen LogP contribution in [0, 0.1) is 12.7 Å². The number of benzene rings is 2. The second kappa shape index (κ2) is 12.4. The highest BCUT2D eigenvalue weighted by Crippen LogP contribution is 2.40. The van der Waals surface area contributed by atoms with Crippen LogP contribution in [-0.4, -0.2) is 67.7 Å². The van der Waals surface area contributed by atoms with E-state index in [1.54, 1.807) is 0 Å². The molecule has 1 saturated heterocycles. The van der Waals surface area contributed by atoms with Crippen LogP contribution in [0.5, 0.6) is 5.75 Å². The van der Waals surface area contributed by atoms with Crippen LogP contribution >= 0.6 is 11.8 Å². The predicted octanol–water partition coefficient (Wildman–Crippen LogP) is 3.45. The number of hydrogen-bond donors (Lipinski definition) is 4. The van der Waals surface area contributed by atoms with Gasteiger partial charge in [0.1, 0.15) is 6.04 Å². The van der Waals surface area contributed by atoms with Gasteiger partial charge in [-0.3, -0.25) is 14.4 Å². The summed E-state index contributed by atoms with van der Waals surface area (Å²) >= 11 is 1.45. The topological polar surface area (TPSA) is 119 Å². The lowest BCUT2D eigenvalue weighted by Gasteiger charge is -2.34. The van der Waals surface area contributed by atoms with Crippen LogP contribution in [-0.2, 0) is 16.0 Å². The molecule has 40 heavy (non-hydrogen) atoms. The fourth-order valence-corrected chi connectivity index (χ4v) is 6.36. The number of thioether (sulfide) groups is 1. The van der Waals surface area contributed by atoms with Gasteiger partial charge in [0.15, 0.2) is 17.7 Å². The normalized spacial score (nSPS) is 21.5. The molecular formula is C30H36FN3O5S. The molecule has 2 aromatic carbocycles. The summed E-state index contributed by atoms with van der Waals surface area (Å²) in [6, 6.07) is 9.32. The van der Waals surface area contributed by atoms with E-state index in [2.05, 4.69) is 10.6 Å². The first-order valence-corrected chi connectivity index (χ1v) is 14.4. The summed E-state index contributed by atoms with van der Waals surface area (Å²) in [6.45, 7) is 5.20. The fourth-order valence-electron chi connectivity index (χ4n) is 5.22. The second-order valence-corrected chi connectivity index (χ2v) is 12.4. The fraction of sp³-hybridized carbons (Fsp3) is 0.433. The summed E-state index contributed by atoms with van der Waals surface area (Å²) in [4.78, 5) is 41.8. The highest BCUT2D eigenvalue weighted by molar-refractivity contribution is 8.00. The zero-order valence-electron chi connectivity index (χ0n) is 22.9. The molecule has 3 amide bonds. The van der Waals surface area contributed by atoms with Gasteiger partial charge in [-0.1, -0.05) is 42.5 Å². The van der Waals surface area contributed by atoms with Crippen LogP contribution in [0.25, 0.3) is 0 Å². The van der Waals surface area contributed by atoms with Crippen LogP contribution in [0.15, 0.2) is 54.6 Å². The maximum absolute atomic E-state index is 13.8. The first-order valence-electron chi connectivity index (χ1n) is 13.4. The quantitative estimate of drug-likeness (QED) is 0.362. The summed E-state index contributed by atoms with van der Waals surface area (Å²) in [5, 5.41) is 27.1. The van der Waals surface area contributed by atoms with Crippen molar-refractivity contribution in [3.05, 3.63) is 77.1 Å². The van der Waals surface area contributed by atoms with Crippen molar-refractivity contribution in [1.82, 2.24) is 15.5 Å². The summed E-state index contributed by atoms with van der Waals surface area (Å²) in [7, 11) is 0. The molecule has 2 aromatic rings. The van der Waals surface area contributed by atoms with Crippen LogP contribution in [0.4, 0.5) is 4.39 Å². The summed E-state index contributed by atoms with van der Waals surface area (Å²) < 4.78 is 13.2. The van der Waals surface area contributed by atoms with E-state index >= 15 is 0 Å². The number of carbonyl (C=O) groups excluding carboxylic acids is 3. The van der Waals surface area contributed by atoms with Crippen LogP contribution < -0.4 is 10.6 Å². The molecule has 8 nitrogen and oxygen atoms in total. The number of rotatable bonds is 8. The van der Waals surface area contributed by atoms with E-state index in [1.165, 1.54) is 29.7 Å². The Morgan fingerprint density at radius 1 is 1.18 bits per heavy atom. The Hall–Kier alpha value is -3.37.